The Morgan fingerprint density at radius 1 is 1.25 bits per heavy atom. The van der Waals surface area contributed by atoms with E-state index in [0.717, 1.165) is 23.1 Å². The first kappa shape index (κ1) is 15.4. The highest BCUT2D eigenvalue weighted by molar-refractivity contribution is 7.17. The Bertz CT molecular complexity index is 576. The molecule has 2 aromatic rings. The van der Waals surface area contributed by atoms with Crippen molar-refractivity contribution in [2.24, 2.45) is 5.92 Å². The summed E-state index contributed by atoms with van der Waals surface area (Å²) in [5.41, 5.74) is 2.23. The number of anilines is 1. The summed E-state index contributed by atoms with van der Waals surface area (Å²) in [7, 11) is 0. The lowest BCUT2D eigenvalue weighted by Crippen LogP contribution is -2.10. The van der Waals surface area contributed by atoms with Crippen LogP contribution in [0.4, 0.5) is 5.13 Å². The Hall–Kier alpha value is -0.940. The molecule has 5 heteroatoms. The molecule has 0 aliphatic heterocycles. The lowest BCUT2D eigenvalue weighted by molar-refractivity contribution is 0.584. The molecule has 0 aliphatic carbocycles. The minimum atomic E-state index is 0.0996. The van der Waals surface area contributed by atoms with Gasteiger partial charge in [0.15, 0.2) is 5.13 Å². The molecular weight excluding hydrogens is 286 g/mol. The van der Waals surface area contributed by atoms with Crippen molar-refractivity contribution in [3.8, 4) is 10.6 Å². The van der Waals surface area contributed by atoms with Gasteiger partial charge in [-0.05, 0) is 12.8 Å². The number of hydrogen-bond donors (Lipinski definition) is 1. The van der Waals surface area contributed by atoms with Crippen LogP contribution in [-0.4, -0.2) is 16.5 Å². The minimum absolute atomic E-state index is 0.0996. The lowest BCUT2D eigenvalue weighted by atomic mass is 9.98. The van der Waals surface area contributed by atoms with E-state index in [0.29, 0.717) is 5.92 Å². The molecule has 0 amide bonds. The van der Waals surface area contributed by atoms with Crippen LogP contribution in [0.3, 0.4) is 0 Å². The van der Waals surface area contributed by atoms with Crippen molar-refractivity contribution in [2.75, 3.05) is 11.9 Å². The molecule has 0 spiro atoms. The second-order valence-electron chi connectivity index (χ2n) is 6.50. The van der Waals surface area contributed by atoms with Gasteiger partial charge in [0.25, 0.3) is 0 Å². The first-order valence-electron chi connectivity index (χ1n) is 6.95. The fraction of sp³-hybridized carbons (Fsp3) is 0.600. The van der Waals surface area contributed by atoms with E-state index < -0.39 is 0 Å². The van der Waals surface area contributed by atoms with Crippen molar-refractivity contribution < 1.29 is 0 Å². The van der Waals surface area contributed by atoms with Crippen molar-refractivity contribution in [3.63, 3.8) is 0 Å². The molecule has 2 rings (SSSR count). The standard InChI is InChI=1S/C15H23N3S2/c1-9(2)7-16-14-18-11(8-19-14)12-10(3)17-13(20-12)15(4,5)6/h8-9H,7H2,1-6H3,(H,16,18). The van der Waals surface area contributed by atoms with Crippen molar-refractivity contribution in [1.29, 1.82) is 0 Å². The summed E-state index contributed by atoms with van der Waals surface area (Å²) in [6, 6.07) is 0. The average molecular weight is 310 g/mol. The van der Waals surface area contributed by atoms with Crippen molar-refractivity contribution in [2.45, 2.75) is 47.0 Å². The normalized spacial score (nSPS) is 12.2. The molecule has 1 N–H and O–H groups in total. The van der Waals surface area contributed by atoms with Crippen LogP contribution in [0.25, 0.3) is 10.6 Å². The van der Waals surface area contributed by atoms with Gasteiger partial charge >= 0.3 is 0 Å². The largest absolute Gasteiger partial charge is 0.361 e. The summed E-state index contributed by atoms with van der Waals surface area (Å²) >= 11 is 3.43. The molecule has 0 atom stereocenters. The summed E-state index contributed by atoms with van der Waals surface area (Å²) in [5, 5.41) is 7.68. The monoisotopic (exact) mass is 309 g/mol. The van der Waals surface area contributed by atoms with Gasteiger partial charge in [-0.15, -0.1) is 22.7 Å². The predicted octanol–water partition coefficient (Wildman–Crippen LogP) is 4.94. The quantitative estimate of drug-likeness (QED) is 0.869. The molecule has 110 valence electrons. The van der Waals surface area contributed by atoms with Crippen LogP contribution in [0.1, 0.15) is 45.3 Å². The number of nitrogens with one attached hydrogen (secondary N) is 1. The Labute approximate surface area is 129 Å². The zero-order chi connectivity index (χ0) is 14.9. The van der Waals surface area contributed by atoms with E-state index in [4.69, 9.17) is 4.98 Å². The molecule has 20 heavy (non-hydrogen) atoms. The molecule has 2 heterocycles. The highest BCUT2D eigenvalue weighted by Gasteiger charge is 2.21. The zero-order valence-electron chi connectivity index (χ0n) is 13.1. The van der Waals surface area contributed by atoms with Gasteiger partial charge in [-0.2, -0.15) is 0 Å². The Kier molecular flexibility index (Phi) is 4.49. The summed E-state index contributed by atoms with van der Waals surface area (Å²) in [6.45, 7) is 14.0. The van der Waals surface area contributed by atoms with Gasteiger partial charge in [0.05, 0.1) is 21.3 Å². The molecule has 0 aromatic carbocycles. The lowest BCUT2D eigenvalue weighted by Gasteiger charge is -2.13. The van der Waals surface area contributed by atoms with E-state index in [1.165, 1.54) is 9.88 Å². The molecule has 0 aliphatic rings. The zero-order valence-corrected chi connectivity index (χ0v) is 14.7. The van der Waals surface area contributed by atoms with Crippen molar-refractivity contribution >= 4 is 27.8 Å². The van der Waals surface area contributed by atoms with Gasteiger partial charge in [0, 0.05) is 17.3 Å². The van der Waals surface area contributed by atoms with Crippen LogP contribution in [-0.2, 0) is 5.41 Å². The van der Waals surface area contributed by atoms with Crippen molar-refractivity contribution in [3.05, 3.63) is 16.1 Å². The molecule has 0 fully saturated rings. The van der Waals surface area contributed by atoms with Crippen LogP contribution in [0.2, 0.25) is 0 Å². The number of hydrogen-bond acceptors (Lipinski definition) is 5. The van der Waals surface area contributed by atoms with E-state index in [2.05, 4.69) is 57.2 Å². The molecule has 0 bridgehead atoms. The molecule has 0 saturated heterocycles. The third-order valence-corrected chi connectivity index (χ3v) is 5.24. The van der Waals surface area contributed by atoms with E-state index >= 15 is 0 Å². The van der Waals surface area contributed by atoms with Gasteiger partial charge < -0.3 is 5.32 Å². The molecule has 0 radical (unpaired) electrons. The summed E-state index contributed by atoms with van der Waals surface area (Å²) in [4.78, 5) is 10.6. The smallest absolute Gasteiger partial charge is 0.183 e. The fourth-order valence-corrected chi connectivity index (χ4v) is 3.58. The van der Waals surface area contributed by atoms with E-state index in [9.17, 15) is 0 Å². The van der Waals surface area contributed by atoms with E-state index in [1.807, 2.05) is 0 Å². The number of thiazole rings is 2. The highest BCUT2D eigenvalue weighted by atomic mass is 32.1. The summed E-state index contributed by atoms with van der Waals surface area (Å²) in [5.74, 6) is 0.625. The minimum Gasteiger partial charge on any atom is -0.361 e. The number of aryl methyl sites for hydroxylation is 1. The maximum Gasteiger partial charge on any atom is 0.183 e. The molecule has 0 unspecified atom stereocenters. The second kappa shape index (κ2) is 5.82. The van der Waals surface area contributed by atoms with Crippen LogP contribution < -0.4 is 5.32 Å². The number of nitrogens with zero attached hydrogens (tertiary/aromatic N) is 2. The number of aromatic nitrogens is 2. The first-order chi connectivity index (χ1) is 9.27. The summed E-state index contributed by atoms with van der Waals surface area (Å²) in [6.07, 6.45) is 0. The first-order valence-corrected chi connectivity index (χ1v) is 8.64. The fourth-order valence-electron chi connectivity index (χ4n) is 1.71. The van der Waals surface area contributed by atoms with Gasteiger partial charge in [0.2, 0.25) is 0 Å². The molecule has 0 saturated carbocycles. The van der Waals surface area contributed by atoms with Gasteiger partial charge in [-0.3, -0.25) is 0 Å². The maximum absolute atomic E-state index is 4.70. The summed E-state index contributed by atoms with van der Waals surface area (Å²) < 4.78 is 0. The van der Waals surface area contributed by atoms with Gasteiger partial charge in [-0.1, -0.05) is 34.6 Å². The Balaban J connectivity index is 2.22. The van der Waals surface area contributed by atoms with Crippen LogP contribution in [0.5, 0.6) is 0 Å². The molecule has 2 aromatic heterocycles. The Morgan fingerprint density at radius 3 is 2.50 bits per heavy atom. The van der Waals surface area contributed by atoms with Crippen LogP contribution in [0, 0.1) is 12.8 Å². The maximum atomic E-state index is 4.70. The third kappa shape index (κ3) is 3.58. The van der Waals surface area contributed by atoms with Gasteiger partial charge in [0.1, 0.15) is 0 Å². The van der Waals surface area contributed by atoms with E-state index in [-0.39, 0.29) is 5.41 Å². The second-order valence-corrected chi connectivity index (χ2v) is 8.35. The molecular formula is C15H23N3S2. The van der Waals surface area contributed by atoms with Crippen molar-refractivity contribution in [1.82, 2.24) is 9.97 Å². The Morgan fingerprint density at radius 2 is 1.95 bits per heavy atom. The van der Waals surface area contributed by atoms with E-state index in [1.54, 1.807) is 22.7 Å². The topological polar surface area (TPSA) is 37.8 Å². The average Bonchev–Trinajstić information content (AvgIpc) is 2.91. The van der Waals surface area contributed by atoms with Crippen LogP contribution in [0.15, 0.2) is 5.38 Å². The van der Waals surface area contributed by atoms with Gasteiger partial charge in [-0.25, -0.2) is 9.97 Å². The van der Waals surface area contributed by atoms with Crippen LogP contribution >= 0.6 is 22.7 Å². The third-order valence-electron chi connectivity index (χ3n) is 2.84. The predicted molar refractivity (Wildman–Crippen MR) is 90.0 cm³/mol. The highest BCUT2D eigenvalue weighted by Crippen LogP contribution is 2.36. The number of rotatable bonds is 4. The SMILES string of the molecule is Cc1nc(C(C)(C)C)sc1-c1csc(NCC(C)C)n1. The molecule has 3 nitrogen and oxygen atoms in total.